The molecule has 4 rings (SSSR count). The molecule has 0 saturated heterocycles. The third-order valence-electron chi connectivity index (χ3n) is 4.23. The predicted octanol–water partition coefficient (Wildman–Crippen LogP) is 3.62. The van der Waals surface area contributed by atoms with E-state index in [2.05, 4.69) is 64.7 Å². The largest absolute Gasteiger partial charge is 0.403 e. The molecule has 108 valence electrons. The second-order valence-electron chi connectivity index (χ2n) is 5.80. The molecule has 0 saturated carbocycles. The van der Waals surface area contributed by atoms with Crippen LogP contribution in [0.4, 0.5) is 0 Å². The van der Waals surface area contributed by atoms with Gasteiger partial charge in [-0.05, 0) is 25.5 Å². The summed E-state index contributed by atoms with van der Waals surface area (Å²) >= 11 is 0. The van der Waals surface area contributed by atoms with Gasteiger partial charge in [0, 0.05) is 16.8 Å². The summed E-state index contributed by atoms with van der Waals surface area (Å²) in [6.45, 7) is 4.19. The Bertz CT molecular complexity index is 1010. The molecule has 2 aromatic heterocycles. The smallest absolute Gasteiger partial charge is 0.238 e. The first-order valence-electron chi connectivity index (χ1n) is 7.49. The first-order chi connectivity index (χ1) is 10.7. The lowest BCUT2D eigenvalue weighted by atomic mass is 10.1. The second kappa shape index (κ2) is 4.67. The van der Waals surface area contributed by atoms with Gasteiger partial charge in [-0.2, -0.15) is 4.57 Å². The zero-order chi connectivity index (χ0) is 15.3. The van der Waals surface area contributed by atoms with Crippen LogP contribution in [0.15, 0.2) is 54.7 Å². The molecule has 22 heavy (non-hydrogen) atoms. The Kier molecular flexibility index (Phi) is 2.76. The van der Waals surface area contributed by atoms with Crippen molar-refractivity contribution in [2.45, 2.75) is 13.8 Å². The molecule has 0 spiro atoms. The topological polar surface area (TPSA) is 21.7 Å². The number of nitrogens with zero attached hydrogens (tertiary/aromatic N) is 3. The van der Waals surface area contributed by atoms with Gasteiger partial charge in [0.15, 0.2) is 0 Å². The molecule has 3 nitrogen and oxygen atoms in total. The van der Waals surface area contributed by atoms with E-state index >= 15 is 0 Å². The summed E-state index contributed by atoms with van der Waals surface area (Å²) in [5.74, 6) is 0.945. The molecule has 0 fully saturated rings. The third kappa shape index (κ3) is 1.75. The van der Waals surface area contributed by atoms with E-state index in [9.17, 15) is 0 Å². The lowest BCUT2D eigenvalue weighted by molar-refractivity contribution is -0.668. The summed E-state index contributed by atoms with van der Waals surface area (Å²) in [4.78, 5) is 4.78. The fourth-order valence-corrected chi connectivity index (χ4v) is 3.17. The Balaban J connectivity index is 2.27. The van der Waals surface area contributed by atoms with Gasteiger partial charge < -0.3 is 0 Å². The molecule has 0 N–H and O–H groups in total. The maximum Gasteiger partial charge on any atom is 0.403 e. The molecule has 3 heteroatoms. The van der Waals surface area contributed by atoms with Crippen molar-refractivity contribution in [1.29, 1.82) is 0 Å². The lowest BCUT2D eigenvalue weighted by Crippen LogP contribution is -2.35. The zero-order valence-corrected chi connectivity index (χ0v) is 13.0. The van der Waals surface area contributed by atoms with Gasteiger partial charge in [0.25, 0.3) is 0 Å². The highest BCUT2D eigenvalue weighted by atomic mass is 15.2. The average Bonchev–Trinajstić information content (AvgIpc) is 2.86. The van der Waals surface area contributed by atoms with Gasteiger partial charge in [0.1, 0.15) is 16.7 Å². The van der Waals surface area contributed by atoms with Crippen LogP contribution in [0, 0.1) is 13.8 Å². The number of fused-ring (bicyclic) bond motifs is 3. The van der Waals surface area contributed by atoms with Gasteiger partial charge in [-0.25, -0.2) is 4.57 Å². The SMILES string of the molecule is Cc1cc[n+](C)c(-n2c3ccccc3c3cccc(C)c32)n1. The fourth-order valence-electron chi connectivity index (χ4n) is 3.17. The van der Waals surface area contributed by atoms with Crippen LogP contribution >= 0.6 is 0 Å². The first kappa shape index (κ1) is 13.0. The van der Waals surface area contributed by atoms with E-state index in [1.54, 1.807) is 0 Å². The summed E-state index contributed by atoms with van der Waals surface area (Å²) < 4.78 is 4.35. The highest BCUT2D eigenvalue weighted by molar-refractivity contribution is 6.09. The van der Waals surface area contributed by atoms with Crippen LogP contribution in [-0.2, 0) is 7.05 Å². The Morgan fingerprint density at radius 3 is 2.55 bits per heavy atom. The van der Waals surface area contributed by atoms with Crippen LogP contribution in [0.5, 0.6) is 0 Å². The van der Waals surface area contributed by atoms with Crippen molar-refractivity contribution < 1.29 is 4.57 Å². The van der Waals surface area contributed by atoms with E-state index in [0.717, 1.165) is 11.6 Å². The van der Waals surface area contributed by atoms with E-state index in [1.807, 2.05) is 20.0 Å². The predicted molar refractivity (Wildman–Crippen MR) is 89.2 cm³/mol. The molecular formula is C19H18N3+. The van der Waals surface area contributed by atoms with E-state index in [4.69, 9.17) is 4.98 Å². The molecule has 0 radical (unpaired) electrons. The van der Waals surface area contributed by atoms with Crippen molar-refractivity contribution >= 4 is 21.8 Å². The van der Waals surface area contributed by atoms with E-state index in [-0.39, 0.29) is 0 Å². The van der Waals surface area contributed by atoms with E-state index < -0.39 is 0 Å². The minimum atomic E-state index is 0.945. The number of aryl methyl sites for hydroxylation is 3. The summed E-state index contributed by atoms with van der Waals surface area (Å²) in [7, 11) is 2.04. The van der Waals surface area contributed by atoms with Crippen LogP contribution in [0.25, 0.3) is 27.8 Å². The van der Waals surface area contributed by atoms with Crippen molar-refractivity contribution in [1.82, 2.24) is 9.55 Å². The number of rotatable bonds is 1. The molecule has 0 aliphatic rings. The fraction of sp³-hybridized carbons (Fsp3) is 0.158. The van der Waals surface area contributed by atoms with Gasteiger partial charge in [-0.3, -0.25) is 0 Å². The van der Waals surface area contributed by atoms with Crippen molar-refractivity contribution in [3.63, 3.8) is 0 Å². The Morgan fingerprint density at radius 1 is 0.909 bits per heavy atom. The number of benzene rings is 2. The van der Waals surface area contributed by atoms with Crippen molar-refractivity contribution in [3.8, 4) is 5.95 Å². The highest BCUT2D eigenvalue weighted by Crippen LogP contribution is 2.32. The summed E-state index contributed by atoms with van der Waals surface area (Å²) in [6, 6.07) is 17.0. The first-order valence-corrected chi connectivity index (χ1v) is 7.49. The molecule has 2 aromatic carbocycles. The molecule has 0 aliphatic heterocycles. The van der Waals surface area contributed by atoms with Crippen LogP contribution in [-0.4, -0.2) is 9.55 Å². The maximum absolute atomic E-state index is 4.78. The van der Waals surface area contributed by atoms with Crippen molar-refractivity contribution in [2.24, 2.45) is 7.05 Å². The number of aromatic nitrogens is 3. The summed E-state index contributed by atoms with van der Waals surface area (Å²) in [5.41, 5.74) is 4.71. The Hall–Kier alpha value is -2.68. The number of hydrogen-bond acceptors (Lipinski definition) is 1. The van der Waals surface area contributed by atoms with Gasteiger partial charge in [-0.1, -0.05) is 41.4 Å². The van der Waals surface area contributed by atoms with Gasteiger partial charge in [0.05, 0.1) is 13.2 Å². The monoisotopic (exact) mass is 288 g/mol. The van der Waals surface area contributed by atoms with E-state index in [0.29, 0.717) is 0 Å². The normalized spacial score (nSPS) is 11.4. The van der Waals surface area contributed by atoms with Crippen LogP contribution in [0.2, 0.25) is 0 Å². The standard InChI is InChI=1S/C19H18N3/c1-13-7-6-9-16-15-8-4-5-10-17(15)22(18(13)16)19-20-14(2)11-12-21(19)3/h4-12H,1-3H3/q+1. The van der Waals surface area contributed by atoms with Crippen molar-refractivity contribution in [2.75, 3.05) is 0 Å². The van der Waals surface area contributed by atoms with Gasteiger partial charge in [-0.15, -0.1) is 0 Å². The quantitative estimate of drug-likeness (QED) is 0.490. The van der Waals surface area contributed by atoms with Crippen molar-refractivity contribution in [3.05, 3.63) is 66.0 Å². The Labute approximate surface area is 129 Å². The number of para-hydroxylation sites is 2. The zero-order valence-electron chi connectivity index (χ0n) is 13.0. The number of hydrogen-bond donors (Lipinski definition) is 0. The third-order valence-corrected chi connectivity index (χ3v) is 4.23. The molecule has 0 aliphatic carbocycles. The van der Waals surface area contributed by atoms with E-state index in [1.165, 1.54) is 27.4 Å². The van der Waals surface area contributed by atoms with Crippen LogP contribution in [0.3, 0.4) is 0 Å². The molecular weight excluding hydrogens is 270 g/mol. The van der Waals surface area contributed by atoms with Gasteiger partial charge in [0.2, 0.25) is 0 Å². The Morgan fingerprint density at radius 2 is 1.68 bits per heavy atom. The summed E-state index contributed by atoms with van der Waals surface area (Å²) in [5, 5.41) is 2.54. The molecule has 2 heterocycles. The maximum atomic E-state index is 4.78. The molecule has 0 unspecified atom stereocenters. The average molecular weight is 288 g/mol. The highest BCUT2D eigenvalue weighted by Gasteiger charge is 2.22. The molecule has 0 amide bonds. The van der Waals surface area contributed by atoms with Crippen LogP contribution < -0.4 is 4.57 Å². The van der Waals surface area contributed by atoms with Crippen LogP contribution in [0.1, 0.15) is 11.3 Å². The lowest BCUT2D eigenvalue weighted by Gasteiger charge is -2.04. The second-order valence-corrected chi connectivity index (χ2v) is 5.80. The summed E-state index contributed by atoms with van der Waals surface area (Å²) in [6.07, 6.45) is 2.07. The minimum absolute atomic E-state index is 0.945. The van der Waals surface area contributed by atoms with Gasteiger partial charge >= 0.3 is 5.95 Å². The molecule has 4 aromatic rings. The molecule has 0 bridgehead atoms. The molecule has 0 atom stereocenters. The minimum Gasteiger partial charge on any atom is -0.238 e.